The number of hydrogen-bond donors (Lipinski definition) is 1. The average Bonchev–Trinajstić information content (AvgIpc) is 2.48. The highest BCUT2D eigenvalue weighted by atomic mass is 16.2. The van der Waals surface area contributed by atoms with Crippen LogP contribution in [0.1, 0.15) is 54.9 Å². The van der Waals surface area contributed by atoms with Crippen molar-refractivity contribution in [1.29, 1.82) is 0 Å². The van der Waals surface area contributed by atoms with E-state index in [4.69, 9.17) is 0 Å². The lowest BCUT2D eigenvalue weighted by molar-refractivity contribution is 0.0760. The molecule has 1 saturated carbocycles. The van der Waals surface area contributed by atoms with Crippen molar-refractivity contribution in [3.05, 3.63) is 29.3 Å². The molecule has 1 aromatic carbocycles. The van der Waals surface area contributed by atoms with Gasteiger partial charge in [0.05, 0.1) is 0 Å². The molecule has 0 spiro atoms. The highest BCUT2D eigenvalue weighted by Crippen LogP contribution is 2.25. The SMILES string of the molecule is CCNc1ccc(C(=O)N(C)CC2CCCCC2)c(C)c1. The first kappa shape index (κ1) is 15.9. The number of benzene rings is 1. The summed E-state index contributed by atoms with van der Waals surface area (Å²) < 4.78 is 0. The molecule has 1 aliphatic rings. The lowest BCUT2D eigenvalue weighted by Crippen LogP contribution is -2.33. The van der Waals surface area contributed by atoms with E-state index in [-0.39, 0.29) is 5.91 Å². The Morgan fingerprint density at radius 2 is 2.00 bits per heavy atom. The molecule has 0 heterocycles. The number of hydrogen-bond acceptors (Lipinski definition) is 2. The van der Waals surface area contributed by atoms with Crippen LogP contribution in [0.15, 0.2) is 18.2 Å². The topological polar surface area (TPSA) is 32.3 Å². The molecule has 1 fully saturated rings. The fourth-order valence-corrected chi connectivity index (χ4v) is 3.26. The van der Waals surface area contributed by atoms with Gasteiger partial charge in [0.15, 0.2) is 0 Å². The second kappa shape index (κ2) is 7.48. The Labute approximate surface area is 128 Å². The Bertz CT molecular complexity index is 478. The minimum absolute atomic E-state index is 0.154. The number of rotatable bonds is 5. The van der Waals surface area contributed by atoms with E-state index in [0.717, 1.165) is 29.9 Å². The van der Waals surface area contributed by atoms with Crippen molar-refractivity contribution in [2.75, 3.05) is 25.5 Å². The summed E-state index contributed by atoms with van der Waals surface area (Å²) in [5.41, 5.74) is 2.96. The summed E-state index contributed by atoms with van der Waals surface area (Å²) >= 11 is 0. The van der Waals surface area contributed by atoms with E-state index in [2.05, 4.69) is 18.3 Å². The van der Waals surface area contributed by atoms with E-state index in [1.165, 1.54) is 32.1 Å². The average molecular weight is 288 g/mol. The van der Waals surface area contributed by atoms with Gasteiger partial charge in [-0.05, 0) is 56.4 Å². The van der Waals surface area contributed by atoms with Crippen LogP contribution in [-0.4, -0.2) is 30.9 Å². The Balaban J connectivity index is 2.01. The molecular formula is C18H28N2O. The molecule has 2 rings (SSSR count). The van der Waals surface area contributed by atoms with Crippen LogP contribution in [0.25, 0.3) is 0 Å². The molecule has 1 N–H and O–H groups in total. The first-order valence-corrected chi connectivity index (χ1v) is 8.21. The molecule has 1 amide bonds. The van der Waals surface area contributed by atoms with Crippen LogP contribution in [-0.2, 0) is 0 Å². The van der Waals surface area contributed by atoms with Crippen LogP contribution >= 0.6 is 0 Å². The van der Waals surface area contributed by atoms with E-state index in [1.54, 1.807) is 0 Å². The summed E-state index contributed by atoms with van der Waals surface area (Å²) in [4.78, 5) is 14.5. The quantitative estimate of drug-likeness (QED) is 0.885. The van der Waals surface area contributed by atoms with Gasteiger partial charge in [0.1, 0.15) is 0 Å². The molecule has 3 nitrogen and oxygen atoms in total. The second-order valence-electron chi connectivity index (χ2n) is 6.25. The van der Waals surface area contributed by atoms with Crippen LogP contribution in [0.4, 0.5) is 5.69 Å². The van der Waals surface area contributed by atoms with E-state index in [1.807, 2.05) is 31.0 Å². The highest BCUT2D eigenvalue weighted by Gasteiger charge is 2.20. The molecule has 21 heavy (non-hydrogen) atoms. The minimum atomic E-state index is 0.154. The van der Waals surface area contributed by atoms with Gasteiger partial charge in [-0.1, -0.05) is 19.3 Å². The second-order valence-corrected chi connectivity index (χ2v) is 6.25. The van der Waals surface area contributed by atoms with Gasteiger partial charge in [0.25, 0.3) is 5.91 Å². The number of anilines is 1. The summed E-state index contributed by atoms with van der Waals surface area (Å²) in [5.74, 6) is 0.843. The van der Waals surface area contributed by atoms with Crippen LogP contribution < -0.4 is 5.32 Å². The van der Waals surface area contributed by atoms with Gasteiger partial charge < -0.3 is 10.2 Å². The van der Waals surface area contributed by atoms with Crippen LogP contribution in [0.3, 0.4) is 0 Å². The van der Waals surface area contributed by atoms with E-state index in [0.29, 0.717) is 5.92 Å². The zero-order valence-corrected chi connectivity index (χ0v) is 13.6. The van der Waals surface area contributed by atoms with Gasteiger partial charge in [-0.3, -0.25) is 4.79 Å². The summed E-state index contributed by atoms with van der Waals surface area (Å²) in [6, 6.07) is 6.01. The zero-order valence-electron chi connectivity index (χ0n) is 13.6. The highest BCUT2D eigenvalue weighted by molar-refractivity contribution is 5.95. The summed E-state index contributed by atoms with van der Waals surface area (Å²) in [6.45, 7) is 5.89. The van der Waals surface area contributed by atoms with Gasteiger partial charge in [0, 0.05) is 31.4 Å². The molecule has 3 heteroatoms. The normalized spacial score (nSPS) is 15.8. The number of carbonyl (C=O) groups is 1. The molecule has 0 aliphatic heterocycles. The third-order valence-electron chi connectivity index (χ3n) is 4.44. The molecule has 116 valence electrons. The van der Waals surface area contributed by atoms with E-state index in [9.17, 15) is 4.79 Å². The van der Waals surface area contributed by atoms with Crippen LogP contribution in [0.2, 0.25) is 0 Å². The molecule has 0 unspecified atom stereocenters. The van der Waals surface area contributed by atoms with Gasteiger partial charge in [-0.2, -0.15) is 0 Å². The summed E-state index contributed by atoms with van der Waals surface area (Å²) in [5, 5.41) is 3.28. The molecule has 1 aliphatic carbocycles. The maximum atomic E-state index is 12.6. The van der Waals surface area contributed by atoms with Crippen molar-refractivity contribution < 1.29 is 4.79 Å². The van der Waals surface area contributed by atoms with Gasteiger partial charge in [0.2, 0.25) is 0 Å². The summed E-state index contributed by atoms with van der Waals surface area (Å²) in [6.07, 6.45) is 6.55. The lowest BCUT2D eigenvalue weighted by Gasteiger charge is -2.27. The van der Waals surface area contributed by atoms with Gasteiger partial charge in [-0.15, -0.1) is 0 Å². The molecule has 0 atom stereocenters. The lowest BCUT2D eigenvalue weighted by atomic mass is 9.89. The zero-order chi connectivity index (χ0) is 15.2. The molecule has 0 radical (unpaired) electrons. The van der Waals surface area contributed by atoms with Gasteiger partial charge >= 0.3 is 0 Å². The largest absolute Gasteiger partial charge is 0.385 e. The van der Waals surface area contributed by atoms with Crippen molar-refractivity contribution in [3.63, 3.8) is 0 Å². The number of nitrogens with zero attached hydrogens (tertiary/aromatic N) is 1. The van der Waals surface area contributed by atoms with Crippen molar-refractivity contribution in [2.24, 2.45) is 5.92 Å². The molecule has 1 aromatic rings. The molecular weight excluding hydrogens is 260 g/mol. The van der Waals surface area contributed by atoms with Gasteiger partial charge in [-0.25, -0.2) is 0 Å². The van der Waals surface area contributed by atoms with E-state index >= 15 is 0 Å². The smallest absolute Gasteiger partial charge is 0.253 e. The number of carbonyl (C=O) groups excluding carboxylic acids is 1. The summed E-state index contributed by atoms with van der Waals surface area (Å²) in [7, 11) is 1.94. The standard InChI is InChI=1S/C18H28N2O/c1-4-19-16-10-11-17(14(2)12-16)18(21)20(3)13-15-8-6-5-7-9-15/h10-12,15,19H,4-9,13H2,1-3H3. The number of aryl methyl sites for hydroxylation is 1. The van der Waals surface area contributed by atoms with Crippen LogP contribution in [0.5, 0.6) is 0 Å². The predicted octanol–water partition coefficient (Wildman–Crippen LogP) is 4.08. The van der Waals surface area contributed by atoms with Crippen LogP contribution in [0, 0.1) is 12.8 Å². The minimum Gasteiger partial charge on any atom is -0.385 e. The Hall–Kier alpha value is -1.51. The van der Waals surface area contributed by atoms with E-state index < -0.39 is 0 Å². The maximum Gasteiger partial charge on any atom is 0.253 e. The van der Waals surface area contributed by atoms with Crippen molar-refractivity contribution >= 4 is 11.6 Å². The first-order valence-electron chi connectivity index (χ1n) is 8.21. The van der Waals surface area contributed by atoms with Crippen molar-refractivity contribution in [1.82, 2.24) is 4.90 Å². The van der Waals surface area contributed by atoms with Crippen molar-refractivity contribution in [2.45, 2.75) is 46.0 Å². The fraction of sp³-hybridized carbons (Fsp3) is 0.611. The Kier molecular flexibility index (Phi) is 5.66. The van der Waals surface area contributed by atoms with Crippen molar-refractivity contribution in [3.8, 4) is 0 Å². The monoisotopic (exact) mass is 288 g/mol. The predicted molar refractivity (Wildman–Crippen MR) is 88.9 cm³/mol. The maximum absolute atomic E-state index is 12.6. The Morgan fingerprint density at radius 3 is 2.62 bits per heavy atom. The Morgan fingerprint density at radius 1 is 1.29 bits per heavy atom. The molecule has 0 aromatic heterocycles. The first-order chi connectivity index (χ1) is 10.1. The molecule has 0 bridgehead atoms. The number of amides is 1. The third-order valence-corrected chi connectivity index (χ3v) is 4.44. The fourth-order valence-electron chi connectivity index (χ4n) is 3.26. The molecule has 0 saturated heterocycles. The third kappa shape index (κ3) is 4.23. The number of nitrogens with one attached hydrogen (secondary N) is 1.